The molecule has 1 aliphatic carbocycles. The average molecular weight is 448 g/mol. The largest absolute Gasteiger partial charge is 0.416 e. The Bertz CT molecular complexity index is 1100. The van der Waals surface area contributed by atoms with Crippen molar-refractivity contribution < 1.29 is 18.0 Å². The second-order valence-corrected chi connectivity index (χ2v) is 7.42. The van der Waals surface area contributed by atoms with Crippen molar-refractivity contribution in [3.63, 3.8) is 0 Å². The van der Waals surface area contributed by atoms with Gasteiger partial charge in [-0.05, 0) is 49.2 Å². The molecule has 1 aliphatic rings. The first-order valence-electron chi connectivity index (χ1n) is 9.43. The summed E-state index contributed by atoms with van der Waals surface area (Å²) in [5.74, 6) is 0.184. The summed E-state index contributed by atoms with van der Waals surface area (Å²) in [7, 11) is 0. The van der Waals surface area contributed by atoms with Gasteiger partial charge in [-0.1, -0.05) is 23.7 Å². The Morgan fingerprint density at radius 1 is 1.03 bits per heavy atom. The number of alkyl halides is 3. The fourth-order valence-electron chi connectivity index (χ4n) is 2.80. The number of anilines is 4. The topological polar surface area (TPSA) is 78.9 Å². The van der Waals surface area contributed by atoms with Gasteiger partial charge in [0.05, 0.1) is 23.0 Å². The van der Waals surface area contributed by atoms with Crippen LogP contribution in [0.25, 0.3) is 0 Å². The first-order valence-corrected chi connectivity index (χ1v) is 9.81. The summed E-state index contributed by atoms with van der Waals surface area (Å²) in [5, 5.41) is 9.03. The summed E-state index contributed by atoms with van der Waals surface area (Å²) in [6, 6.07) is 11.6. The molecule has 0 radical (unpaired) electrons. The Labute approximate surface area is 180 Å². The van der Waals surface area contributed by atoms with E-state index >= 15 is 0 Å². The Morgan fingerprint density at radius 3 is 2.42 bits per heavy atom. The van der Waals surface area contributed by atoms with Gasteiger partial charge in [0.2, 0.25) is 5.95 Å². The van der Waals surface area contributed by atoms with Crippen LogP contribution in [-0.2, 0) is 6.18 Å². The van der Waals surface area contributed by atoms with Crippen LogP contribution in [0.2, 0.25) is 5.02 Å². The van der Waals surface area contributed by atoms with Crippen LogP contribution in [-0.4, -0.2) is 21.9 Å². The first-order chi connectivity index (χ1) is 14.8. The molecule has 6 nitrogen and oxygen atoms in total. The minimum absolute atomic E-state index is 0.131. The van der Waals surface area contributed by atoms with Crippen molar-refractivity contribution in [2.45, 2.75) is 25.1 Å². The van der Waals surface area contributed by atoms with Crippen molar-refractivity contribution >= 4 is 40.6 Å². The molecule has 3 N–H and O–H groups in total. The van der Waals surface area contributed by atoms with Crippen LogP contribution in [0, 0.1) is 0 Å². The quantitative estimate of drug-likeness (QED) is 0.463. The Morgan fingerprint density at radius 2 is 1.74 bits per heavy atom. The lowest BCUT2D eigenvalue weighted by atomic mass is 10.1. The monoisotopic (exact) mass is 447 g/mol. The summed E-state index contributed by atoms with van der Waals surface area (Å²) >= 11 is 6.21. The molecule has 0 aliphatic heterocycles. The number of nitrogens with zero attached hydrogens (tertiary/aromatic N) is 2. The minimum Gasteiger partial charge on any atom is -0.349 e. The van der Waals surface area contributed by atoms with Gasteiger partial charge in [-0.3, -0.25) is 4.79 Å². The van der Waals surface area contributed by atoms with Gasteiger partial charge < -0.3 is 16.0 Å². The predicted octanol–water partition coefficient (Wildman–Crippen LogP) is 5.53. The summed E-state index contributed by atoms with van der Waals surface area (Å²) in [4.78, 5) is 20.8. The zero-order valence-electron chi connectivity index (χ0n) is 16.0. The van der Waals surface area contributed by atoms with Gasteiger partial charge in [-0.2, -0.15) is 18.2 Å². The number of benzene rings is 2. The molecular formula is C21H17ClF3N5O. The highest BCUT2D eigenvalue weighted by Gasteiger charge is 2.30. The van der Waals surface area contributed by atoms with E-state index in [-0.39, 0.29) is 28.7 Å². The van der Waals surface area contributed by atoms with E-state index in [0.717, 1.165) is 25.0 Å². The molecule has 160 valence electrons. The van der Waals surface area contributed by atoms with Gasteiger partial charge in [-0.15, -0.1) is 0 Å². The average Bonchev–Trinajstić information content (AvgIpc) is 3.54. The number of aromatic nitrogens is 2. The number of para-hydroxylation sites is 1. The van der Waals surface area contributed by atoms with Gasteiger partial charge in [0.25, 0.3) is 5.91 Å². The van der Waals surface area contributed by atoms with E-state index in [1.807, 2.05) is 0 Å². The van der Waals surface area contributed by atoms with Gasteiger partial charge in [0.1, 0.15) is 5.02 Å². The van der Waals surface area contributed by atoms with Crippen LogP contribution in [0.5, 0.6) is 0 Å². The number of hydrogen-bond donors (Lipinski definition) is 3. The zero-order valence-corrected chi connectivity index (χ0v) is 16.8. The van der Waals surface area contributed by atoms with Crippen LogP contribution in [0.3, 0.4) is 0 Å². The summed E-state index contributed by atoms with van der Waals surface area (Å²) in [6.45, 7) is 0. The van der Waals surface area contributed by atoms with Crippen molar-refractivity contribution in [2.75, 3.05) is 10.6 Å². The molecule has 1 fully saturated rings. The number of nitrogens with one attached hydrogen (secondary N) is 3. The van der Waals surface area contributed by atoms with Crippen LogP contribution in [0.4, 0.5) is 36.3 Å². The van der Waals surface area contributed by atoms with E-state index in [9.17, 15) is 18.0 Å². The molecule has 0 saturated heterocycles. The third kappa shape index (κ3) is 5.24. The third-order valence-corrected chi connectivity index (χ3v) is 4.83. The maximum absolute atomic E-state index is 12.7. The maximum atomic E-state index is 12.7. The Balaban J connectivity index is 1.53. The molecule has 10 heteroatoms. The highest BCUT2D eigenvalue weighted by molar-refractivity contribution is 6.33. The molecule has 4 rings (SSSR count). The number of halogens is 4. The van der Waals surface area contributed by atoms with Crippen LogP contribution >= 0.6 is 11.6 Å². The Kier molecular flexibility index (Phi) is 5.69. The zero-order chi connectivity index (χ0) is 22.0. The lowest BCUT2D eigenvalue weighted by Gasteiger charge is -2.13. The second-order valence-electron chi connectivity index (χ2n) is 7.01. The van der Waals surface area contributed by atoms with Crippen molar-refractivity contribution in [2.24, 2.45) is 0 Å². The summed E-state index contributed by atoms with van der Waals surface area (Å²) in [6.07, 6.45) is -1.11. The summed E-state index contributed by atoms with van der Waals surface area (Å²) < 4.78 is 38.2. The Hall–Kier alpha value is -3.33. The van der Waals surface area contributed by atoms with Crippen LogP contribution < -0.4 is 16.0 Å². The number of hydrogen-bond acceptors (Lipinski definition) is 5. The van der Waals surface area contributed by atoms with E-state index in [0.29, 0.717) is 16.9 Å². The fourth-order valence-corrected chi connectivity index (χ4v) is 2.93. The van der Waals surface area contributed by atoms with Gasteiger partial charge >= 0.3 is 6.18 Å². The van der Waals surface area contributed by atoms with Gasteiger partial charge in [0.15, 0.2) is 5.82 Å². The SMILES string of the molecule is O=C(NC1CC1)c1ccccc1Nc1nc(Nc2ccc(C(F)(F)F)cc2)ncc1Cl. The number of amides is 1. The summed E-state index contributed by atoms with van der Waals surface area (Å²) in [5.41, 5.74) is 0.590. The van der Waals surface area contributed by atoms with Crippen LogP contribution in [0.1, 0.15) is 28.8 Å². The first kappa shape index (κ1) is 20.9. The lowest BCUT2D eigenvalue weighted by Crippen LogP contribution is -2.26. The van der Waals surface area contributed by atoms with Crippen molar-refractivity contribution in [3.05, 3.63) is 70.9 Å². The molecule has 0 bridgehead atoms. The normalized spacial score (nSPS) is 13.5. The molecule has 1 saturated carbocycles. The van der Waals surface area contributed by atoms with Gasteiger partial charge in [-0.25, -0.2) is 4.98 Å². The molecule has 3 aromatic rings. The van der Waals surface area contributed by atoms with E-state index < -0.39 is 11.7 Å². The standard InChI is InChI=1S/C21H17ClF3N5O/c22-16-11-26-20(28-14-7-5-12(6-8-14)21(23,24)25)30-18(16)29-17-4-2-1-3-15(17)19(31)27-13-9-10-13/h1-8,11,13H,9-10H2,(H,27,31)(H2,26,28,29,30). The van der Waals surface area contributed by atoms with E-state index in [2.05, 4.69) is 25.9 Å². The molecular weight excluding hydrogens is 431 g/mol. The highest BCUT2D eigenvalue weighted by atomic mass is 35.5. The lowest BCUT2D eigenvalue weighted by molar-refractivity contribution is -0.137. The third-order valence-electron chi connectivity index (χ3n) is 4.55. The molecule has 1 heterocycles. The molecule has 1 aromatic heterocycles. The molecule has 0 spiro atoms. The van der Waals surface area contributed by atoms with Crippen LogP contribution in [0.15, 0.2) is 54.7 Å². The van der Waals surface area contributed by atoms with E-state index in [1.54, 1.807) is 24.3 Å². The number of carbonyl (C=O) groups is 1. The number of carbonyl (C=O) groups excluding carboxylic acids is 1. The van der Waals surface area contributed by atoms with Gasteiger partial charge in [0, 0.05) is 11.7 Å². The smallest absolute Gasteiger partial charge is 0.349 e. The second kappa shape index (κ2) is 8.43. The molecule has 0 unspecified atom stereocenters. The highest BCUT2D eigenvalue weighted by Crippen LogP contribution is 2.31. The van der Waals surface area contributed by atoms with E-state index in [1.165, 1.54) is 18.3 Å². The van der Waals surface area contributed by atoms with Crippen molar-refractivity contribution in [1.82, 2.24) is 15.3 Å². The molecule has 2 aromatic carbocycles. The maximum Gasteiger partial charge on any atom is 0.416 e. The van der Waals surface area contributed by atoms with Crippen molar-refractivity contribution in [1.29, 1.82) is 0 Å². The fraction of sp³-hybridized carbons (Fsp3) is 0.190. The molecule has 1 amide bonds. The van der Waals surface area contributed by atoms with E-state index in [4.69, 9.17) is 11.6 Å². The predicted molar refractivity (Wildman–Crippen MR) is 112 cm³/mol. The minimum atomic E-state index is -4.41. The molecule has 0 atom stereocenters. The molecule has 31 heavy (non-hydrogen) atoms. The van der Waals surface area contributed by atoms with Crippen molar-refractivity contribution in [3.8, 4) is 0 Å². The number of rotatable bonds is 6.